The van der Waals surface area contributed by atoms with Gasteiger partial charge in [0, 0.05) is 22.4 Å². The van der Waals surface area contributed by atoms with E-state index in [0.717, 1.165) is 15.6 Å². The van der Waals surface area contributed by atoms with Gasteiger partial charge in [0.25, 0.3) is 5.56 Å². The third-order valence-electron chi connectivity index (χ3n) is 3.29. The molecule has 0 aliphatic rings. The molecule has 5 nitrogen and oxygen atoms in total. The molecule has 4 aromatic rings. The van der Waals surface area contributed by atoms with Crippen LogP contribution in [0.25, 0.3) is 22.4 Å². The van der Waals surface area contributed by atoms with Crippen molar-refractivity contribution in [3.05, 3.63) is 73.7 Å². The van der Waals surface area contributed by atoms with Crippen molar-refractivity contribution in [3.63, 3.8) is 0 Å². The highest BCUT2D eigenvalue weighted by Gasteiger charge is 2.12. The van der Waals surface area contributed by atoms with Crippen molar-refractivity contribution in [1.82, 2.24) is 19.6 Å². The van der Waals surface area contributed by atoms with Gasteiger partial charge in [0.2, 0.25) is 4.96 Å². The van der Waals surface area contributed by atoms with Crippen LogP contribution in [0.1, 0.15) is 5.56 Å². The fourth-order valence-electron chi connectivity index (χ4n) is 2.18. The van der Waals surface area contributed by atoms with Gasteiger partial charge in [-0.2, -0.15) is 9.50 Å². The number of rotatable bonds is 2. The van der Waals surface area contributed by atoms with E-state index in [1.54, 1.807) is 12.4 Å². The lowest BCUT2D eigenvalue weighted by atomic mass is 10.2. The molecule has 0 spiro atoms. The van der Waals surface area contributed by atoms with Crippen LogP contribution >= 0.6 is 27.3 Å². The number of hydrogen-bond donors (Lipinski definition) is 0. The average Bonchev–Trinajstić information content (AvgIpc) is 3.11. The molecule has 0 saturated carbocycles. The summed E-state index contributed by atoms with van der Waals surface area (Å²) in [6.45, 7) is 0. The van der Waals surface area contributed by atoms with Gasteiger partial charge in [-0.1, -0.05) is 45.5 Å². The minimum absolute atomic E-state index is 0.164. The number of nitrogens with zero attached hydrogens (tertiary/aromatic N) is 4. The molecule has 3 heterocycles. The first-order valence-electron chi connectivity index (χ1n) is 6.78. The Bertz CT molecular complexity index is 1100. The molecule has 1 aromatic carbocycles. The van der Waals surface area contributed by atoms with Crippen molar-refractivity contribution in [3.8, 4) is 11.4 Å². The van der Waals surface area contributed by atoms with E-state index in [9.17, 15) is 4.79 Å². The lowest BCUT2D eigenvalue weighted by molar-refractivity contribution is 0.936. The standard InChI is InChI=1S/C16H9BrN4OS/c17-12-6-2-1-4-10(12)8-13-15(22)21-16(23-13)19-14(20-21)11-5-3-7-18-9-11/h1-9H/b13-8-. The van der Waals surface area contributed by atoms with E-state index < -0.39 is 0 Å². The summed E-state index contributed by atoms with van der Waals surface area (Å²) in [5.41, 5.74) is 1.57. The Balaban J connectivity index is 1.86. The second-order valence-corrected chi connectivity index (χ2v) is 6.67. The maximum atomic E-state index is 12.5. The molecule has 0 amide bonds. The molecule has 7 heteroatoms. The van der Waals surface area contributed by atoms with E-state index in [-0.39, 0.29) is 5.56 Å². The van der Waals surface area contributed by atoms with Gasteiger partial charge >= 0.3 is 0 Å². The Labute approximate surface area is 143 Å². The van der Waals surface area contributed by atoms with Gasteiger partial charge in [-0.15, -0.1) is 5.10 Å². The summed E-state index contributed by atoms with van der Waals surface area (Å²) in [5, 5.41) is 4.30. The Morgan fingerprint density at radius 2 is 2.04 bits per heavy atom. The highest BCUT2D eigenvalue weighted by Crippen LogP contribution is 2.17. The minimum Gasteiger partial charge on any atom is -0.266 e. The van der Waals surface area contributed by atoms with Crippen molar-refractivity contribution in [1.29, 1.82) is 0 Å². The third kappa shape index (κ3) is 2.58. The normalized spacial score (nSPS) is 12.1. The molecule has 3 aromatic heterocycles. The number of halogens is 1. The van der Waals surface area contributed by atoms with Crippen LogP contribution in [0.5, 0.6) is 0 Å². The second kappa shape index (κ2) is 5.68. The zero-order valence-corrected chi connectivity index (χ0v) is 14.1. The minimum atomic E-state index is -0.164. The van der Waals surface area contributed by atoms with Crippen molar-refractivity contribution in [2.45, 2.75) is 0 Å². The summed E-state index contributed by atoms with van der Waals surface area (Å²) >= 11 is 4.80. The summed E-state index contributed by atoms with van der Waals surface area (Å²) in [5.74, 6) is 0.508. The van der Waals surface area contributed by atoms with E-state index in [0.29, 0.717) is 15.3 Å². The van der Waals surface area contributed by atoms with Crippen LogP contribution in [-0.2, 0) is 0 Å². The molecular formula is C16H9BrN4OS. The lowest BCUT2D eigenvalue weighted by Crippen LogP contribution is -2.23. The molecule has 112 valence electrons. The van der Waals surface area contributed by atoms with Crippen LogP contribution in [0, 0.1) is 0 Å². The molecule has 0 atom stereocenters. The third-order valence-corrected chi connectivity index (χ3v) is 4.97. The van der Waals surface area contributed by atoms with E-state index in [1.807, 2.05) is 42.5 Å². The smallest absolute Gasteiger partial charge is 0.266 e. The summed E-state index contributed by atoms with van der Waals surface area (Å²) < 4.78 is 2.88. The zero-order valence-electron chi connectivity index (χ0n) is 11.7. The van der Waals surface area contributed by atoms with Gasteiger partial charge in [-0.25, -0.2) is 0 Å². The van der Waals surface area contributed by atoms with E-state index in [4.69, 9.17) is 0 Å². The van der Waals surface area contributed by atoms with Gasteiger partial charge < -0.3 is 0 Å². The summed E-state index contributed by atoms with van der Waals surface area (Å²) in [6, 6.07) is 11.4. The summed E-state index contributed by atoms with van der Waals surface area (Å²) in [6.07, 6.45) is 5.21. The van der Waals surface area contributed by atoms with Crippen LogP contribution in [0.15, 0.2) is 58.1 Å². The van der Waals surface area contributed by atoms with Gasteiger partial charge in [0.05, 0.1) is 4.53 Å². The lowest BCUT2D eigenvalue weighted by Gasteiger charge is -1.94. The molecule has 0 saturated heterocycles. The van der Waals surface area contributed by atoms with E-state index in [1.165, 1.54) is 15.9 Å². The molecule has 0 fully saturated rings. The fraction of sp³-hybridized carbons (Fsp3) is 0. The van der Waals surface area contributed by atoms with Crippen LogP contribution in [0.4, 0.5) is 0 Å². The van der Waals surface area contributed by atoms with Crippen LogP contribution in [0.2, 0.25) is 0 Å². The number of fused-ring (bicyclic) bond motifs is 1. The largest absolute Gasteiger partial charge is 0.291 e. The van der Waals surface area contributed by atoms with Gasteiger partial charge in [0.15, 0.2) is 5.82 Å². The summed E-state index contributed by atoms with van der Waals surface area (Å²) in [4.78, 5) is 21.5. The SMILES string of the molecule is O=c1/c(=C/c2ccccc2Br)sc2nc(-c3cccnc3)nn12. The predicted molar refractivity (Wildman–Crippen MR) is 93.3 cm³/mol. The maximum Gasteiger partial charge on any atom is 0.291 e. The second-order valence-electron chi connectivity index (χ2n) is 4.81. The number of benzene rings is 1. The van der Waals surface area contributed by atoms with Gasteiger partial charge in [-0.3, -0.25) is 9.78 Å². The molecule has 4 rings (SSSR count). The first kappa shape index (κ1) is 14.2. The quantitative estimate of drug-likeness (QED) is 0.532. The molecule has 23 heavy (non-hydrogen) atoms. The van der Waals surface area contributed by atoms with Crippen molar-refractivity contribution in [2.75, 3.05) is 0 Å². The maximum absolute atomic E-state index is 12.5. The van der Waals surface area contributed by atoms with Crippen LogP contribution < -0.4 is 10.1 Å². The molecule has 0 N–H and O–H groups in total. The van der Waals surface area contributed by atoms with Gasteiger partial charge in [0.1, 0.15) is 0 Å². The topological polar surface area (TPSA) is 60.2 Å². The van der Waals surface area contributed by atoms with E-state index in [2.05, 4.69) is 31.0 Å². The Kier molecular flexibility index (Phi) is 3.51. The molecule has 0 aliphatic carbocycles. The molecule has 0 radical (unpaired) electrons. The Hall–Kier alpha value is -2.38. The number of aromatic nitrogens is 4. The van der Waals surface area contributed by atoms with Crippen LogP contribution in [0.3, 0.4) is 0 Å². The monoisotopic (exact) mass is 384 g/mol. The van der Waals surface area contributed by atoms with Gasteiger partial charge in [-0.05, 0) is 29.8 Å². The van der Waals surface area contributed by atoms with E-state index >= 15 is 0 Å². The fourth-order valence-corrected chi connectivity index (χ4v) is 3.48. The van der Waals surface area contributed by atoms with Crippen molar-refractivity contribution in [2.24, 2.45) is 0 Å². The Morgan fingerprint density at radius 3 is 2.78 bits per heavy atom. The zero-order chi connectivity index (χ0) is 15.8. The highest BCUT2D eigenvalue weighted by molar-refractivity contribution is 9.10. The van der Waals surface area contributed by atoms with Crippen LogP contribution in [-0.4, -0.2) is 19.6 Å². The van der Waals surface area contributed by atoms with Crippen molar-refractivity contribution >= 4 is 38.3 Å². The molecule has 0 bridgehead atoms. The molecule has 0 aliphatic heterocycles. The predicted octanol–water partition coefficient (Wildman–Crippen LogP) is 2.52. The highest BCUT2D eigenvalue weighted by atomic mass is 79.9. The number of hydrogen-bond acceptors (Lipinski definition) is 5. The number of thiazole rings is 1. The molecular weight excluding hydrogens is 376 g/mol. The van der Waals surface area contributed by atoms with Crippen molar-refractivity contribution < 1.29 is 0 Å². The Morgan fingerprint density at radius 1 is 1.17 bits per heavy atom. The first-order valence-corrected chi connectivity index (χ1v) is 8.39. The summed E-state index contributed by atoms with van der Waals surface area (Å²) in [7, 11) is 0. The average molecular weight is 385 g/mol. The first-order chi connectivity index (χ1) is 11.2. The number of pyridine rings is 1. The molecule has 0 unspecified atom stereocenters.